The molecule has 2 aromatic carbocycles. The smallest absolute Gasteiger partial charge is 0.276 e. The highest BCUT2D eigenvalue weighted by Gasteiger charge is 2.14. The number of carbonyl (C=O) groups excluding carboxylic acids is 1. The fourth-order valence-electron chi connectivity index (χ4n) is 2.59. The highest BCUT2D eigenvalue weighted by Crippen LogP contribution is 2.22. The van der Waals surface area contributed by atoms with Gasteiger partial charge < -0.3 is 5.32 Å². The number of aryl methyl sites for hydroxylation is 1. The summed E-state index contributed by atoms with van der Waals surface area (Å²) in [7, 11) is -3.90. The summed E-state index contributed by atoms with van der Waals surface area (Å²) < 4.78 is 37.4. The molecule has 0 unspecified atom stereocenters. The highest BCUT2D eigenvalue weighted by molar-refractivity contribution is 7.89. The van der Waals surface area contributed by atoms with E-state index < -0.39 is 15.8 Å². The van der Waals surface area contributed by atoms with Crippen LogP contribution in [-0.4, -0.2) is 20.0 Å². The van der Waals surface area contributed by atoms with Gasteiger partial charge in [-0.3, -0.25) is 4.79 Å². The predicted octanol–water partition coefficient (Wildman–Crippen LogP) is 4.46. The third-order valence-electron chi connectivity index (χ3n) is 4.55. The molecule has 9 heteroatoms. The monoisotopic (exact) mass is 445 g/mol. The molecule has 0 fully saturated rings. The molecule has 0 radical (unpaired) electrons. The number of hydrogen-bond acceptors (Lipinski definition) is 5. The van der Waals surface area contributed by atoms with E-state index in [4.69, 9.17) is 0 Å². The Labute approximate surface area is 178 Å². The van der Waals surface area contributed by atoms with Gasteiger partial charge >= 0.3 is 0 Å². The van der Waals surface area contributed by atoms with E-state index in [-0.39, 0.29) is 10.8 Å². The largest absolute Gasteiger partial charge is 0.322 e. The zero-order valence-electron chi connectivity index (χ0n) is 16.6. The topological polar surface area (TPSA) is 87.6 Å². The third kappa shape index (κ3) is 4.92. The lowest BCUT2D eigenvalue weighted by Gasteiger charge is -2.08. The van der Waals surface area contributed by atoms with Crippen LogP contribution in [0.1, 0.15) is 33.3 Å². The van der Waals surface area contributed by atoms with Crippen LogP contribution in [0.15, 0.2) is 63.9 Å². The fraction of sp³-hybridized carbons (Fsp3) is 0.143. The van der Waals surface area contributed by atoms with Crippen LogP contribution in [0.25, 0.3) is 0 Å². The van der Waals surface area contributed by atoms with Crippen molar-refractivity contribution in [2.75, 3.05) is 5.32 Å². The standard InChI is InChI=1S/C21H20FN3O3S2/c1-13-15(3)29-12-20(13)21(26)23-18-8-4-16(5-9-18)14(2)24-25-30(27,28)19-10-6-17(22)7-11-19/h4-12,25H,1-3H3,(H,23,26)/b24-14+. The molecule has 0 saturated heterocycles. The van der Waals surface area contributed by atoms with Gasteiger partial charge in [0, 0.05) is 15.9 Å². The second kappa shape index (κ2) is 8.76. The molecule has 6 nitrogen and oxygen atoms in total. The number of anilines is 1. The second-order valence-electron chi connectivity index (χ2n) is 6.61. The molecule has 156 valence electrons. The van der Waals surface area contributed by atoms with Crippen molar-refractivity contribution in [3.8, 4) is 0 Å². The number of halogens is 1. The first-order chi connectivity index (χ1) is 14.2. The van der Waals surface area contributed by atoms with Crippen molar-refractivity contribution in [2.45, 2.75) is 25.7 Å². The van der Waals surface area contributed by atoms with Crippen molar-refractivity contribution >= 4 is 38.7 Å². The normalized spacial score (nSPS) is 11.9. The lowest BCUT2D eigenvalue weighted by Crippen LogP contribution is -2.20. The van der Waals surface area contributed by atoms with Gasteiger partial charge in [0.1, 0.15) is 5.82 Å². The zero-order valence-corrected chi connectivity index (χ0v) is 18.2. The van der Waals surface area contributed by atoms with Crippen LogP contribution in [0, 0.1) is 19.7 Å². The van der Waals surface area contributed by atoms with Crippen molar-refractivity contribution in [3.05, 3.63) is 81.3 Å². The van der Waals surface area contributed by atoms with E-state index in [1.807, 2.05) is 19.2 Å². The van der Waals surface area contributed by atoms with E-state index in [1.165, 1.54) is 11.3 Å². The maximum atomic E-state index is 13.0. The number of benzene rings is 2. The molecule has 3 rings (SSSR count). The molecule has 0 saturated carbocycles. The van der Waals surface area contributed by atoms with Crippen LogP contribution in [-0.2, 0) is 10.0 Å². The Hall–Kier alpha value is -3.04. The van der Waals surface area contributed by atoms with Crippen molar-refractivity contribution in [1.82, 2.24) is 4.83 Å². The van der Waals surface area contributed by atoms with E-state index in [9.17, 15) is 17.6 Å². The van der Waals surface area contributed by atoms with E-state index >= 15 is 0 Å². The maximum absolute atomic E-state index is 13.0. The summed E-state index contributed by atoms with van der Waals surface area (Å²) in [5, 5.41) is 8.59. The summed E-state index contributed by atoms with van der Waals surface area (Å²) in [4.78, 5) is 15.6. The second-order valence-corrected chi connectivity index (χ2v) is 9.35. The number of hydrogen-bond donors (Lipinski definition) is 2. The first kappa shape index (κ1) is 21.7. The Morgan fingerprint density at radius 1 is 1.03 bits per heavy atom. The molecular formula is C21H20FN3O3S2. The summed E-state index contributed by atoms with van der Waals surface area (Å²) in [6.45, 7) is 5.53. The van der Waals surface area contributed by atoms with Gasteiger partial charge in [-0.15, -0.1) is 11.3 Å². The van der Waals surface area contributed by atoms with E-state index in [0.717, 1.165) is 34.7 Å². The molecule has 2 N–H and O–H groups in total. The number of carbonyl (C=O) groups is 1. The molecule has 1 heterocycles. The molecule has 0 aliphatic heterocycles. The van der Waals surface area contributed by atoms with Gasteiger partial charge in [-0.05, 0) is 68.3 Å². The molecule has 0 spiro atoms. The Bertz CT molecular complexity index is 1200. The third-order valence-corrected chi connectivity index (χ3v) is 6.79. The number of sulfonamides is 1. The van der Waals surface area contributed by atoms with Gasteiger partial charge in [0.25, 0.3) is 15.9 Å². The number of nitrogens with one attached hydrogen (secondary N) is 2. The first-order valence-corrected chi connectivity index (χ1v) is 11.3. The lowest BCUT2D eigenvalue weighted by molar-refractivity contribution is 0.102. The Morgan fingerprint density at radius 3 is 2.23 bits per heavy atom. The van der Waals surface area contributed by atoms with E-state index in [0.29, 0.717) is 22.5 Å². The van der Waals surface area contributed by atoms with Gasteiger partial charge in [-0.2, -0.15) is 18.4 Å². The molecular weight excluding hydrogens is 425 g/mol. The van der Waals surface area contributed by atoms with Crippen molar-refractivity contribution < 1.29 is 17.6 Å². The van der Waals surface area contributed by atoms with Gasteiger partial charge in [0.05, 0.1) is 16.2 Å². The Morgan fingerprint density at radius 2 is 1.67 bits per heavy atom. The first-order valence-electron chi connectivity index (χ1n) is 8.95. The van der Waals surface area contributed by atoms with Crippen molar-refractivity contribution in [3.63, 3.8) is 0 Å². The molecule has 1 aromatic heterocycles. The SMILES string of the molecule is C/C(=N\NS(=O)(=O)c1ccc(F)cc1)c1ccc(NC(=O)c2csc(C)c2C)cc1. The summed E-state index contributed by atoms with van der Waals surface area (Å²) >= 11 is 1.53. The Kier molecular flexibility index (Phi) is 6.33. The molecule has 30 heavy (non-hydrogen) atoms. The zero-order chi connectivity index (χ0) is 21.9. The quantitative estimate of drug-likeness (QED) is 0.434. The highest BCUT2D eigenvalue weighted by atomic mass is 32.2. The van der Waals surface area contributed by atoms with Gasteiger partial charge in [-0.1, -0.05) is 12.1 Å². The summed E-state index contributed by atoms with van der Waals surface area (Å²) in [6, 6.07) is 11.4. The predicted molar refractivity (Wildman–Crippen MR) is 117 cm³/mol. The average molecular weight is 446 g/mol. The van der Waals surface area contributed by atoms with Gasteiger partial charge in [0.15, 0.2) is 0 Å². The molecule has 0 aliphatic carbocycles. The minimum absolute atomic E-state index is 0.0857. The number of nitrogens with zero attached hydrogens (tertiary/aromatic N) is 1. The number of amides is 1. The average Bonchev–Trinajstić information content (AvgIpc) is 3.06. The van der Waals surface area contributed by atoms with Crippen LogP contribution in [0.4, 0.5) is 10.1 Å². The summed E-state index contributed by atoms with van der Waals surface area (Å²) in [5.41, 5.74) is 3.34. The summed E-state index contributed by atoms with van der Waals surface area (Å²) in [5.74, 6) is -0.702. The lowest BCUT2D eigenvalue weighted by atomic mass is 10.1. The van der Waals surface area contributed by atoms with Crippen molar-refractivity contribution in [1.29, 1.82) is 0 Å². The minimum atomic E-state index is -3.90. The van der Waals surface area contributed by atoms with Gasteiger partial charge in [0.2, 0.25) is 0 Å². The minimum Gasteiger partial charge on any atom is -0.322 e. The van der Waals surface area contributed by atoms with E-state index in [1.54, 1.807) is 31.2 Å². The maximum Gasteiger partial charge on any atom is 0.276 e. The van der Waals surface area contributed by atoms with Crippen LogP contribution in [0.5, 0.6) is 0 Å². The van der Waals surface area contributed by atoms with Crippen LogP contribution >= 0.6 is 11.3 Å². The molecule has 0 atom stereocenters. The Balaban J connectivity index is 1.68. The van der Waals surface area contributed by atoms with Crippen molar-refractivity contribution in [2.24, 2.45) is 5.10 Å². The molecule has 0 bridgehead atoms. The van der Waals surface area contributed by atoms with Crippen LogP contribution < -0.4 is 10.1 Å². The number of thiophene rings is 1. The van der Waals surface area contributed by atoms with Crippen LogP contribution in [0.2, 0.25) is 0 Å². The summed E-state index contributed by atoms with van der Waals surface area (Å²) in [6.07, 6.45) is 0. The van der Waals surface area contributed by atoms with Crippen LogP contribution in [0.3, 0.4) is 0 Å². The molecule has 1 amide bonds. The molecule has 0 aliphatic rings. The molecule has 3 aromatic rings. The van der Waals surface area contributed by atoms with Gasteiger partial charge in [-0.25, -0.2) is 4.39 Å². The number of rotatable bonds is 6. The fourth-order valence-corrected chi connectivity index (χ4v) is 4.31. The number of hydrazone groups is 1. The van der Waals surface area contributed by atoms with E-state index in [2.05, 4.69) is 15.2 Å².